The number of benzene rings is 2. The summed E-state index contributed by atoms with van der Waals surface area (Å²) < 4.78 is 0. The highest BCUT2D eigenvalue weighted by Gasteiger charge is 2.14. The van der Waals surface area contributed by atoms with Crippen LogP contribution in [-0.4, -0.2) is 9.97 Å². The Morgan fingerprint density at radius 1 is 0.773 bits per heavy atom. The Kier molecular flexibility index (Phi) is 3.25. The van der Waals surface area contributed by atoms with Gasteiger partial charge in [-0.1, -0.05) is 42.5 Å². The van der Waals surface area contributed by atoms with Gasteiger partial charge in [0.15, 0.2) is 0 Å². The number of aromatic nitrogens is 2. The lowest BCUT2D eigenvalue weighted by Crippen LogP contribution is -1.89. The summed E-state index contributed by atoms with van der Waals surface area (Å²) in [5.41, 5.74) is 5.90. The van der Waals surface area contributed by atoms with Crippen LogP contribution in [0.3, 0.4) is 0 Å². The molecular weight excluding hydrogens is 287 g/mol. The third-order valence-corrected chi connectivity index (χ3v) is 4.26. The summed E-state index contributed by atoms with van der Waals surface area (Å²) in [6.07, 6.45) is 3.68. The minimum Gasteiger partial charge on any atom is -0.354 e. The number of fused-ring (bicyclic) bond motifs is 1. The monoisotopic (exact) mass is 302 g/mol. The molecule has 0 aliphatic heterocycles. The lowest BCUT2D eigenvalue weighted by Gasteiger charge is -2.06. The molecule has 22 heavy (non-hydrogen) atoms. The molecule has 2 aromatic carbocycles. The van der Waals surface area contributed by atoms with E-state index in [-0.39, 0.29) is 0 Å². The van der Waals surface area contributed by atoms with Crippen molar-refractivity contribution in [1.82, 2.24) is 9.97 Å². The Morgan fingerprint density at radius 3 is 2.27 bits per heavy atom. The Balaban J connectivity index is 2.04. The van der Waals surface area contributed by atoms with Gasteiger partial charge in [-0.05, 0) is 34.6 Å². The van der Waals surface area contributed by atoms with Crippen molar-refractivity contribution >= 4 is 25.4 Å². The molecule has 2 nitrogen and oxygen atoms in total. The quantitative estimate of drug-likeness (QED) is 0.546. The minimum absolute atomic E-state index is 1.15. The normalized spacial score (nSPS) is 11.0. The largest absolute Gasteiger partial charge is 0.354 e. The van der Waals surface area contributed by atoms with E-state index in [0.717, 1.165) is 11.2 Å². The van der Waals surface area contributed by atoms with Crippen molar-refractivity contribution in [3.63, 3.8) is 0 Å². The smallest absolute Gasteiger partial charge is 0.0544 e. The third-order valence-electron chi connectivity index (χ3n) is 3.87. The van der Waals surface area contributed by atoms with Crippen LogP contribution < -0.4 is 5.30 Å². The number of para-hydroxylation sites is 1. The van der Waals surface area contributed by atoms with Gasteiger partial charge in [0.2, 0.25) is 0 Å². The molecule has 0 saturated carbocycles. The number of rotatable bonds is 2. The van der Waals surface area contributed by atoms with Crippen LogP contribution in [0, 0.1) is 0 Å². The first-order valence-electron chi connectivity index (χ1n) is 7.20. The van der Waals surface area contributed by atoms with Crippen LogP contribution in [-0.2, 0) is 0 Å². The molecule has 106 valence electrons. The molecule has 3 heteroatoms. The second-order valence-corrected chi connectivity index (χ2v) is 5.95. The Hall–Kier alpha value is -2.44. The fraction of sp³-hybridized carbons (Fsp3) is 0. The van der Waals surface area contributed by atoms with Crippen molar-refractivity contribution in [2.24, 2.45) is 0 Å². The SMILES string of the molecule is Pc1ccc(-c2[nH]c3ccccc3c2-c2ccncc2)cc1. The zero-order chi connectivity index (χ0) is 14.9. The Labute approximate surface area is 131 Å². The molecule has 0 amide bonds. The van der Waals surface area contributed by atoms with Crippen molar-refractivity contribution in [3.05, 3.63) is 73.1 Å². The molecule has 4 rings (SSSR count). The van der Waals surface area contributed by atoms with Crippen molar-refractivity contribution < 1.29 is 0 Å². The van der Waals surface area contributed by atoms with Crippen LogP contribution in [0.25, 0.3) is 33.3 Å². The first-order valence-corrected chi connectivity index (χ1v) is 7.78. The van der Waals surface area contributed by atoms with E-state index < -0.39 is 0 Å². The summed E-state index contributed by atoms with van der Waals surface area (Å²) in [4.78, 5) is 7.71. The number of hydrogen-bond acceptors (Lipinski definition) is 1. The first-order chi connectivity index (χ1) is 10.8. The highest BCUT2D eigenvalue weighted by atomic mass is 31.0. The number of aromatic amines is 1. The maximum absolute atomic E-state index is 4.14. The van der Waals surface area contributed by atoms with Gasteiger partial charge >= 0.3 is 0 Å². The van der Waals surface area contributed by atoms with Gasteiger partial charge in [0, 0.05) is 28.9 Å². The molecule has 0 aliphatic carbocycles. The third kappa shape index (κ3) is 2.22. The van der Waals surface area contributed by atoms with Crippen LogP contribution in [0.4, 0.5) is 0 Å². The highest BCUT2D eigenvalue weighted by Crippen LogP contribution is 2.37. The fourth-order valence-corrected chi connectivity index (χ4v) is 3.02. The molecule has 1 unspecified atom stereocenters. The summed E-state index contributed by atoms with van der Waals surface area (Å²) in [7, 11) is 2.73. The molecule has 0 fully saturated rings. The van der Waals surface area contributed by atoms with E-state index in [1.165, 1.54) is 27.4 Å². The van der Waals surface area contributed by atoms with Gasteiger partial charge in [0.1, 0.15) is 0 Å². The predicted octanol–water partition coefficient (Wildman–Crippen LogP) is 4.40. The summed E-state index contributed by atoms with van der Waals surface area (Å²) in [5.74, 6) is 0. The van der Waals surface area contributed by atoms with Gasteiger partial charge < -0.3 is 4.98 Å². The molecule has 2 aromatic heterocycles. The summed E-state index contributed by atoms with van der Waals surface area (Å²) in [6, 6.07) is 21.1. The van der Waals surface area contributed by atoms with Crippen LogP contribution in [0.1, 0.15) is 0 Å². The molecule has 0 aliphatic rings. The average molecular weight is 302 g/mol. The summed E-state index contributed by atoms with van der Waals surface area (Å²) in [5, 5.41) is 2.42. The Bertz CT molecular complexity index is 925. The number of H-pyrrole nitrogens is 1. The van der Waals surface area contributed by atoms with E-state index >= 15 is 0 Å². The van der Waals surface area contributed by atoms with Gasteiger partial charge in [0.05, 0.1) is 5.69 Å². The van der Waals surface area contributed by atoms with Crippen molar-refractivity contribution in [1.29, 1.82) is 0 Å². The zero-order valence-corrected chi connectivity index (χ0v) is 13.1. The van der Waals surface area contributed by atoms with E-state index in [9.17, 15) is 0 Å². The van der Waals surface area contributed by atoms with Gasteiger partial charge in [0.25, 0.3) is 0 Å². The first kappa shape index (κ1) is 13.2. The van der Waals surface area contributed by atoms with E-state index in [2.05, 4.69) is 79.9 Å². The molecule has 0 spiro atoms. The molecule has 0 saturated heterocycles. The van der Waals surface area contributed by atoms with Crippen LogP contribution >= 0.6 is 9.24 Å². The maximum Gasteiger partial charge on any atom is 0.0544 e. The molecule has 1 N–H and O–H groups in total. The molecule has 4 aromatic rings. The average Bonchev–Trinajstić information content (AvgIpc) is 2.96. The fourth-order valence-electron chi connectivity index (χ4n) is 2.83. The predicted molar refractivity (Wildman–Crippen MR) is 96.3 cm³/mol. The standard InChI is InChI=1S/C19H15N2P/c22-15-7-5-14(6-8-15)19-18(13-9-11-20-12-10-13)16-3-1-2-4-17(16)21-19/h1-12,21H,22H2. The Morgan fingerprint density at radius 2 is 1.50 bits per heavy atom. The molecule has 2 heterocycles. The van der Waals surface area contributed by atoms with E-state index in [1.54, 1.807) is 0 Å². The van der Waals surface area contributed by atoms with Crippen LogP contribution in [0.2, 0.25) is 0 Å². The van der Waals surface area contributed by atoms with Crippen molar-refractivity contribution in [2.45, 2.75) is 0 Å². The number of hydrogen-bond donors (Lipinski definition) is 1. The molecule has 0 radical (unpaired) electrons. The van der Waals surface area contributed by atoms with E-state index in [4.69, 9.17) is 0 Å². The number of pyridine rings is 1. The number of nitrogens with one attached hydrogen (secondary N) is 1. The summed E-state index contributed by atoms with van der Waals surface area (Å²) in [6.45, 7) is 0. The zero-order valence-electron chi connectivity index (χ0n) is 12.0. The second-order valence-electron chi connectivity index (χ2n) is 5.28. The van der Waals surface area contributed by atoms with Gasteiger partial charge in [-0.3, -0.25) is 4.98 Å². The number of nitrogens with zero attached hydrogens (tertiary/aromatic N) is 1. The van der Waals surface area contributed by atoms with E-state index in [1.807, 2.05) is 12.4 Å². The topological polar surface area (TPSA) is 28.7 Å². The van der Waals surface area contributed by atoms with Gasteiger partial charge in [-0.2, -0.15) is 0 Å². The molecule has 0 bridgehead atoms. The lowest BCUT2D eigenvalue weighted by atomic mass is 9.99. The highest BCUT2D eigenvalue weighted by molar-refractivity contribution is 7.27. The minimum atomic E-state index is 1.15. The second kappa shape index (κ2) is 5.40. The van der Waals surface area contributed by atoms with E-state index in [0.29, 0.717) is 0 Å². The van der Waals surface area contributed by atoms with Crippen LogP contribution in [0.5, 0.6) is 0 Å². The van der Waals surface area contributed by atoms with Crippen molar-refractivity contribution in [2.75, 3.05) is 0 Å². The van der Waals surface area contributed by atoms with Crippen LogP contribution in [0.15, 0.2) is 73.1 Å². The van der Waals surface area contributed by atoms with Crippen molar-refractivity contribution in [3.8, 4) is 22.4 Å². The summed E-state index contributed by atoms with van der Waals surface area (Å²) >= 11 is 0. The molecular formula is C19H15N2P. The lowest BCUT2D eigenvalue weighted by molar-refractivity contribution is 1.33. The molecule has 1 atom stereocenters. The maximum atomic E-state index is 4.14. The van der Waals surface area contributed by atoms with Gasteiger partial charge in [-0.15, -0.1) is 9.24 Å². The van der Waals surface area contributed by atoms with Gasteiger partial charge in [-0.25, -0.2) is 0 Å².